The molecule has 74 heavy (non-hydrogen) atoms. The second-order valence-electron chi connectivity index (χ2n) is 20.5. The van der Waals surface area contributed by atoms with E-state index in [0.717, 1.165) is 129 Å². The Balaban J connectivity index is -0.00000612. The molecule has 16 heteroatoms. The molecule has 12 nitrogen and oxygen atoms in total. The van der Waals surface area contributed by atoms with Crippen LogP contribution in [-0.2, 0) is 19.2 Å². The summed E-state index contributed by atoms with van der Waals surface area (Å²) in [5.41, 5.74) is 11.5. The number of hydrogen-bond donors (Lipinski definition) is 6. The molecule has 0 saturated carbocycles. The minimum atomic E-state index is -0.511. The first-order valence-electron chi connectivity index (χ1n) is 29.6. The standard InChI is InChI=1S/C58H112N8O4.4ClH/c1-3-5-7-9-11-13-15-17-19-21-23-25-27-29-31-41-55(67)63-53(39-33-35-43-59)57(69)61-45-37-47-65-49-51-66(52-50-65)48-38-46-62-58(70)54(40-34-36-44-60)64-56(68)42-32-30-28-26-24-22-20-18-16-14-12-10-8-6-4-2;;;;/h17-20,53-54H,3-16,21-52,59-60H2,1-2H3,(H,61,69)(H,62,70)(H,63,67)(H,64,68);4*1H/b19-17-,20-18-;;;;. The van der Waals surface area contributed by atoms with E-state index < -0.39 is 12.1 Å². The SMILES string of the molecule is CCCCCCCC/C=C\CCCCCCCC(=O)NC(CCCCN)C(=O)NCCCN1CCN(CCCNC(=O)C(CCCCN)NC(=O)CCCCCCC/C=C\CCCCCCCC)CC1.Cl.Cl.Cl.Cl. The molecule has 2 unspecified atom stereocenters. The molecule has 0 bridgehead atoms. The fourth-order valence-corrected chi connectivity index (χ4v) is 9.28. The van der Waals surface area contributed by atoms with Crippen molar-refractivity contribution in [3.8, 4) is 0 Å². The minimum Gasteiger partial charge on any atom is -0.354 e. The molecule has 0 aromatic carbocycles. The third-order valence-corrected chi connectivity index (χ3v) is 13.9. The summed E-state index contributed by atoms with van der Waals surface area (Å²) in [6.45, 7) is 12.6. The highest BCUT2D eigenvalue weighted by Crippen LogP contribution is 2.13. The monoisotopic (exact) mass is 1130 g/mol. The van der Waals surface area contributed by atoms with E-state index in [0.29, 0.717) is 51.9 Å². The number of unbranched alkanes of at least 4 members (excludes halogenated alkanes) is 24. The molecule has 440 valence electrons. The van der Waals surface area contributed by atoms with E-state index >= 15 is 0 Å². The Morgan fingerprint density at radius 1 is 0.405 bits per heavy atom. The first-order chi connectivity index (χ1) is 34.3. The Hall–Kier alpha value is -1.64. The highest BCUT2D eigenvalue weighted by molar-refractivity contribution is 5.88. The van der Waals surface area contributed by atoms with Crippen LogP contribution in [0.25, 0.3) is 0 Å². The van der Waals surface area contributed by atoms with Crippen LogP contribution in [0.2, 0.25) is 0 Å². The fraction of sp³-hybridized carbons (Fsp3) is 0.862. The molecule has 2 atom stereocenters. The number of nitrogens with one attached hydrogen (secondary N) is 4. The van der Waals surface area contributed by atoms with E-state index in [-0.39, 0.29) is 73.3 Å². The molecule has 1 rings (SSSR count). The lowest BCUT2D eigenvalue weighted by atomic mass is 10.1. The van der Waals surface area contributed by atoms with Gasteiger partial charge in [-0.05, 0) is 142 Å². The van der Waals surface area contributed by atoms with Gasteiger partial charge in [-0.15, -0.1) is 49.6 Å². The van der Waals surface area contributed by atoms with Crippen molar-refractivity contribution in [1.82, 2.24) is 31.1 Å². The van der Waals surface area contributed by atoms with E-state index in [2.05, 4.69) is 69.2 Å². The van der Waals surface area contributed by atoms with Crippen LogP contribution in [-0.4, -0.2) is 111 Å². The van der Waals surface area contributed by atoms with Crippen LogP contribution in [0.3, 0.4) is 0 Å². The van der Waals surface area contributed by atoms with Crippen LogP contribution >= 0.6 is 49.6 Å². The van der Waals surface area contributed by atoms with Crippen molar-refractivity contribution in [3.63, 3.8) is 0 Å². The number of allylic oxidation sites excluding steroid dienone is 4. The highest BCUT2D eigenvalue weighted by Gasteiger charge is 2.22. The summed E-state index contributed by atoms with van der Waals surface area (Å²) in [5, 5.41) is 12.3. The molecule has 1 saturated heterocycles. The number of piperazine rings is 1. The van der Waals surface area contributed by atoms with Crippen molar-refractivity contribution >= 4 is 73.3 Å². The second-order valence-corrected chi connectivity index (χ2v) is 20.5. The third-order valence-electron chi connectivity index (χ3n) is 13.9. The van der Waals surface area contributed by atoms with Gasteiger partial charge in [0.05, 0.1) is 0 Å². The van der Waals surface area contributed by atoms with E-state index in [1.165, 1.54) is 116 Å². The molecule has 8 N–H and O–H groups in total. The molecule has 0 aromatic rings. The first kappa shape index (κ1) is 78.9. The molecule has 4 amide bonds. The molecular weight excluding hydrogens is 1010 g/mol. The van der Waals surface area contributed by atoms with Gasteiger partial charge in [-0.2, -0.15) is 0 Å². The minimum absolute atomic E-state index is 0. The van der Waals surface area contributed by atoms with Crippen LogP contribution in [0, 0.1) is 0 Å². The van der Waals surface area contributed by atoms with E-state index in [1.807, 2.05) is 0 Å². The third kappa shape index (κ3) is 49.9. The Morgan fingerprint density at radius 2 is 0.703 bits per heavy atom. The summed E-state index contributed by atoms with van der Waals surface area (Å²) in [6.07, 6.45) is 48.4. The number of halogens is 4. The summed E-state index contributed by atoms with van der Waals surface area (Å²) < 4.78 is 0. The van der Waals surface area contributed by atoms with Crippen molar-refractivity contribution in [3.05, 3.63) is 24.3 Å². The average Bonchev–Trinajstić information content (AvgIpc) is 3.36. The van der Waals surface area contributed by atoms with Crippen molar-refractivity contribution in [2.24, 2.45) is 11.5 Å². The molecule has 0 radical (unpaired) electrons. The number of nitrogens with zero attached hydrogens (tertiary/aromatic N) is 2. The van der Waals surface area contributed by atoms with Crippen molar-refractivity contribution < 1.29 is 19.2 Å². The van der Waals surface area contributed by atoms with Gasteiger partial charge < -0.3 is 42.5 Å². The smallest absolute Gasteiger partial charge is 0.242 e. The van der Waals surface area contributed by atoms with Crippen LogP contribution in [0.1, 0.15) is 245 Å². The van der Waals surface area contributed by atoms with Gasteiger partial charge in [-0.3, -0.25) is 19.2 Å². The van der Waals surface area contributed by atoms with Crippen LogP contribution in [0.15, 0.2) is 24.3 Å². The van der Waals surface area contributed by atoms with Gasteiger partial charge in [0.2, 0.25) is 23.6 Å². The maximum Gasteiger partial charge on any atom is 0.242 e. The average molecular weight is 1130 g/mol. The Labute approximate surface area is 479 Å². The van der Waals surface area contributed by atoms with Gasteiger partial charge in [0.1, 0.15) is 12.1 Å². The number of carbonyl (C=O) groups is 4. The predicted octanol–water partition coefficient (Wildman–Crippen LogP) is 12.6. The molecule has 0 aliphatic carbocycles. The molecule has 1 fully saturated rings. The summed E-state index contributed by atoms with van der Waals surface area (Å²) >= 11 is 0. The second kappa shape index (κ2) is 60.6. The van der Waals surface area contributed by atoms with Gasteiger partial charge in [0.25, 0.3) is 0 Å². The lowest BCUT2D eigenvalue weighted by Gasteiger charge is -2.34. The Morgan fingerprint density at radius 3 is 1.01 bits per heavy atom. The summed E-state index contributed by atoms with van der Waals surface area (Å²) in [7, 11) is 0. The Kier molecular flexibility index (Phi) is 64.6. The summed E-state index contributed by atoms with van der Waals surface area (Å²) in [4.78, 5) is 56.9. The number of nitrogens with two attached hydrogens (primary N) is 2. The maximum atomic E-state index is 13.2. The molecule has 0 aromatic heterocycles. The normalized spacial score (nSPS) is 13.6. The van der Waals surface area contributed by atoms with Gasteiger partial charge in [0.15, 0.2) is 0 Å². The van der Waals surface area contributed by atoms with Crippen molar-refractivity contribution in [2.75, 3.05) is 65.4 Å². The molecule has 1 heterocycles. The van der Waals surface area contributed by atoms with Gasteiger partial charge in [-0.1, -0.05) is 141 Å². The van der Waals surface area contributed by atoms with E-state index in [4.69, 9.17) is 11.5 Å². The topological polar surface area (TPSA) is 175 Å². The molecular formula is C58H116Cl4N8O4. The van der Waals surface area contributed by atoms with E-state index in [9.17, 15) is 19.2 Å². The number of carbonyl (C=O) groups excluding carboxylic acids is 4. The zero-order valence-corrected chi connectivity index (χ0v) is 50.6. The highest BCUT2D eigenvalue weighted by atomic mass is 35.5. The largest absolute Gasteiger partial charge is 0.354 e. The van der Waals surface area contributed by atoms with Crippen molar-refractivity contribution in [2.45, 2.75) is 257 Å². The Bertz CT molecular complexity index is 1220. The maximum absolute atomic E-state index is 13.2. The van der Waals surface area contributed by atoms with Crippen LogP contribution in [0.4, 0.5) is 0 Å². The molecule has 1 aliphatic rings. The quantitative estimate of drug-likeness (QED) is 0.0258. The lowest BCUT2D eigenvalue weighted by Crippen LogP contribution is -2.49. The zero-order chi connectivity index (χ0) is 50.8. The van der Waals surface area contributed by atoms with E-state index in [1.54, 1.807) is 0 Å². The zero-order valence-electron chi connectivity index (χ0n) is 47.3. The van der Waals surface area contributed by atoms with Gasteiger partial charge in [0, 0.05) is 52.1 Å². The predicted molar refractivity (Wildman–Crippen MR) is 326 cm³/mol. The summed E-state index contributed by atoms with van der Waals surface area (Å²) in [5.74, 6) is -0.248. The number of hydrogen-bond acceptors (Lipinski definition) is 8. The van der Waals surface area contributed by atoms with Crippen LogP contribution in [0.5, 0.6) is 0 Å². The van der Waals surface area contributed by atoms with Gasteiger partial charge in [-0.25, -0.2) is 0 Å². The summed E-state index contributed by atoms with van der Waals surface area (Å²) in [6, 6.07) is -1.02. The van der Waals surface area contributed by atoms with Crippen molar-refractivity contribution in [1.29, 1.82) is 0 Å². The van der Waals surface area contributed by atoms with Gasteiger partial charge >= 0.3 is 0 Å². The number of amides is 4. The number of rotatable bonds is 50. The lowest BCUT2D eigenvalue weighted by molar-refractivity contribution is -0.129. The molecule has 1 aliphatic heterocycles. The van der Waals surface area contributed by atoms with Crippen LogP contribution < -0.4 is 32.7 Å². The fourth-order valence-electron chi connectivity index (χ4n) is 9.28. The molecule has 0 spiro atoms. The first-order valence-corrected chi connectivity index (χ1v) is 29.6.